The van der Waals surface area contributed by atoms with Crippen LogP contribution in [0.2, 0.25) is 0 Å². The van der Waals surface area contributed by atoms with Crippen molar-refractivity contribution in [3.8, 4) is 0 Å². The summed E-state index contributed by atoms with van der Waals surface area (Å²) in [6, 6.07) is 0. The molecule has 4 unspecified atom stereocenters. The Morgan fingerprint density at radius 1 is 0.347 bits per heavy atom. The number of hydrogen-bond acceptors (Lipinski definition) is 15. The number of carbonyl (C=O) groups excluding carboxylic acids is 4. The van der Waals surface area contributed by atoms with E-state index in [2.05, 4.69) is 72.8 Å². The second-order valence-corrected chi connectivity index (χ2v) is 30.8. The fraction of sp³-hybridized carbons (Fsp3) is 0.895. The molecule has 17 nitrogen and oxygen atoms in total. The number of ether oxygens (including phenoxy) is 4. The first-order valence-corrected chi connectivity index (χ1v) is 41.7. The summed E-state index contributed by atoms with van der Waals surface area (Å²) in [6.45, 7) is 11.8. The lowest BCUT2D eigenvalue weighted by Crippen LogP contribution is -2.30. The molecule has 0 spiro atoms. The largest absolute Gasteiger partial charge is 0.472 e. The molecule has 0 fully saturated rings. The van der Waals surface area contributed by atoms with Crippen LogP contribution >= 0.6 is 15.6 Å². The van der Waals surface area contributed by atoms with E-state index in [-0.39, 0.29) is 25.7 Å². The van der Waals surface area contributed by atoms with Gasteiger partial charge < -0.3 is 33.8 Å². The van der Waals surface area contributed by atoms with Crippen LogP contribution in [0.1, 0.15) is 363 Å². The Hall–Kier alpha value is -2.46. The molecule has 0 radical (unpaired) electrons. The average molecular weight is 1390 g/mol. The van der Waals surface area contributed by atoms with Gasteiger partial charge in [-0.05, 0) is 69.1 Å². The van der Waals surface area contributed by atoms with Crippen molar-refractivity contribution >= 4 is 39.5 Å². The Kier molecular flexibility index (Phi) is 64.4. The van der Waals surface area contributed by atoms with Gasteiger partial charge in [-0.1, -0.05) is 310 Å². The zero-order valence-electron chi connectivity index (χ0n) is 61.6. The zero-order chi connectivity index (χ0) is 70.1. The van der Waals surface area contributed by atoms with E-state index in [0.717, 1.165) is 127 Å². The number of phosphoric acid groups is 2. The molecule has 0 aromatic rings. The Labute approximate surface area is 580 Å². The number of phosphoric ester groups is 2. The number of esters is 4. The van der Waals surface area contributed by atoms with Gasteiger partial charge >= 0.3 is 39.5 Å². The molecule has 0 aliphatic rings. The van der Waals surface area contributed by atoms with Gasteiger partial charge in [-0.3, -0.25) is 37.3 Å². The summed E-state index contributed by atoms with van der Waals surface area (Å²) >= 11 is 0. The van der Waals surface area contributed by atoms with Crippen LogP contribution in [0, 0.1) is 17.8 Å². The molecule has 19 heteroatoms. The van der Waals surface area contributed by atoms with Gasteiger partial charge in [0.1, 0.15) is 19.3 Å². The molecule has 0 aromatic carbocycles. The van der Waals surface area contributed by atoms with Crippen LogP contribution in [0.5, 0.6) is 0 Å². The topological polar surface area (TPSA) is 237 Å². The van der Waals surface area contributed by atoms with Crippen LogP contribution in [0.3, 0.4) is 0 Å². The van der Waals surface area contributed by atoms with E-state index in [0.29, 0.717) is 31.6 Å². The highest BCUT2D eigenvalue weighted by atomic mass is 31.2. The first kappa shape index (κ1) is 92.5. The molecule has 3 N–H and O–H groups in total. The highest BCUT2D eigenvalue weighted by Gasteiger charge is 2.30. The summed E-state index contributed by atoms with van der Waals surface area (Å²) < 4.78 is 68.5. The maximum Gasteiger partial charge on any atom is 0.472 e. The highest BCUT2D eigenvalue weighted by molar-refractivity contribution is 7.47. The molecule has 95 heavy (non-hydrogen) atoms. The number of carbonyl (C=O) groups is 4. The van der Waals surface area contributed by atoms with Crippen molar-refractivity contribution in [3.63, 3.8) is 0 Å². The number of hydrogen-bond donors (Lipinski definition) is 3. The third-order valence-corrected chi connectivity index (χ3v) is 19.3. The number of aliphatic hydroxyl groups excluding tert-OH is 1. The van der Waals surface area contributed by atoms with Crippen molar-refractivity contribution in [1.29, 1.82) is 0 Å². The quantitative estimate of drug-likeness (QED) is 0.0169. The fourth-order valence-corrected chi connectivity index (χ4v) is 12.6. The predicted molar refractivity (Wildman–Crippen MR) is 386 cm³/mol. The Balaban J connectivity index is 5.28. The smallest absolute Gasteiger partial charge is 0.462 e. The van der Waals surface area contributed by atoms with Crippen LogP contribution in [-0.4, -0.2) is 96.7 Å². The molecular formula is C76H144O17P2. The number of unbranched alkanes of at least 4 members (excludes halogenated alkanes) is 36. The number of aliphatic hydroxyl groups is 1. The Morgan fingerprint density at radius 3 is 0.937 bits per heavy atom. The maximum atomic E-state index is 13.1. The minimum Gasteiger partial charge on any atom is -0.462 e. The monoisotopic (exact) mass is 1390 g/mol. The molecule has 0 bridgehead atoms. The van der Waals surface area contributed by atoms with Crippen LogP contribution < -0.4 is 0 Å². The SMILES string of the molecule is CCCCCC/C=C\C=C/CCCCCCCC(=O)OC[C@H](COP(=O)(O)OCC(O)COP(=O)(O)OC[C@@H](COC(=O)CCCCCCCCCC(C)C)OC(=O)CCCCCCCCCCC(C)CC)OC(=O)CCCCCCCCCCCCCCCCCC(C)C. The zero-order valence-corrected chi connectivity index (χ0v) is 63.4. The molecule has 0 saturated carbocycles. The summed E-state index contributed by atoms with van der Waals surface area (Å²) in [5.74, 6) is 0.121. The van der Waals surface area contributed by atoms with Crippen LogP contribution in [-0.2, 0) is 65.4 Å². The van der Waals surface area contributed by atoms with E-state index < -0.39 is 97.5 Å². The Morgan fingerprint density at radius 2 is 0.621 bits per heavy atom. The highest BCUT2D eigenvalue weighted by Crippen LogP contribution is 2.45. The van der Waals surface area contributed by atoms with E-state index in [1.807, 2.05) is 0 Å². The first-order valence-electron chi connectivity index (χ1n) is 38.7. The van der Waals surface area contributed by atoms with Gasteiger partial charge in [-0.15, -0.1) is 0 Å². The van der Waals surface area contributed by atoms with Gasteiger partial charge in [0.25, 0.3) is 0 Å². The Bertz CT molecular complexity index is 1950. The van der Waals surface area contributed by atoms with Gasteiger partial charge in [0.15, 0.2) is 12.2 Å². The molecule has 6 atom stereocenters. The standard InChI is InChI=1S/C76H144O17P2/c1-8-10-11-12-13-14-15-16-18-22-25-28-36-43-50-57-73(78)86-63-71(92-75(80)59-52-45-37-29-26-23-20-17-19-21-24-27-33-40-47-54-67(3)4)65-90-94(82,83)88-61-70(77)62-89-95(84,85)91-66-72(64-87-74(79)58-51-44-39-32-34-41-48-55-68(5)6)93-76(81)60-53-46-38-31-30-35-42-49-56-69(7)9-2/h14-16,18,67-72,77H,8-13,17,19-66H2,1-7H3,(H,82,83)(H,84,85)/b15-14-,18-16-/t69?,70?,71-,72-/m1/s1. The summed E-state index contributed by atoms with van der Waals surface area (Å²) in [5.41, 5.74) is 0. The molecule has 0 aromatic heterocycles. The second kappa shape index (κ2) is 66.1. The molecule has 0 amide bonds. The minimum atomic E-state index is -4.97. The van der Waals surface area contributed by atoms with E-state index in [9.17, 15) is 43.2 Å². The van der Waals surface area contributed by atoms with Gasteiger partial charge in [-0.2, -0.15) is 0 Å². The average Bonchev–Trinajstić information content (AvgIpc) is 2.51. The number of rotatable bonds is 72. The van der Waals surface area contributed by atoms with Crippen molar-refractivity contribution in [2.75, 3.05) is 39.6 Å². The summed E-state index contributed by atoms with van der Waals surface area (Å²) in [6.07, 6.45) is 55.0. The summed E-state index contributed by atoms with van der Waals surface area (Å²) in [5, 5.41) is 10.6. The van der Waals surface area contributed by atoms with Crippen molar-refractivity contribution < 1.29 is 80.2 Å². The number of allylic oxidation sites excluding steroid dienone is 4. The van der Waals surface area contributed by atoms with Crippen molar-refractivity contribution in [2.45, 2.75) is 381 Å². The van der Waals surface area contributed by atoms with Gasteiger partial charge in [0.2, 0.25) is 0 Å². The van der Waals surface area contributed by atoms with Crippen molar-refractivity contribution in [1.82, 2.24) is 0 Å². The van der Waals surface area contributed by atoms with Gasteiger partial charge in [0.05, 0.1) is 26.4 Å². The van der Waals surface area contributed by atoms with E-state index in [1.54, 1.807) is 0 Å². The first-order chi connectivity index (χ1) is 45.8. The van der Waals surface area contributed by atoms with Crippen molar-refractivity contribution in [2.24, 2.45) is 17.8 Å². The fourth-order valence-electron chi connectivity index (χ4n) is 11.0. The second-order valence-electron chi connectivity index (χ2n) is 27.9. The summed E-state index contributed by atoms with van der Waals surface area (Å²) in [4.78, 5) is 72.8. The van der Waals surface area contributed by atoms with E-state index in [4.69, 9.17) is 37.0 Å². The van der Waals surface area contributed by atoms with E-state index in [1.165, 1.54) is 148 Å². The maximum absolute atomic E-state index is 13.1. The molecule has 0 aliphatic heterocycles. The molecule has 0 saturated heterocycles. The molecule has 560 valence electrons. The van der Waals surface area contributed by atoms with Gasteiger partial charge in [0, 0.05) is 25.7 Å². The molecular weight excluding hydrogens is 1250 g/mol. The normalized spacial score (nSPS) is 14.5. The lowest BCUT2D eigenvalue weighted by Gasteiger charge is -2.21. The van der Waals surface area contributed by atoms with E-state index >= 15 is 0 Å². The lowest BCUT2D eigenvalue weighted by atomic mass is 9.99. The van der Waals surface area contributed by atoms with Gasteiger partial charge in [-0.25, -0.2) is 9.13 Å². The molecule has 0 heterocycles. The third kappa shape index (κ3) is 68.5. The van der Waals surface area contributed by atoms with Crippen molar-refractivity contribution in [3.05, 3.63) is 24.3 Å². The molecule has 0 aliphatic carbocycles. The van der Waals surface area contributed by atoms with Crippen LogP contribution in [0.15, 0.2) is 24.3 Å². The predicted octanol–water partition coefficient (Wildman–Crippen LogP) is 21.7. The third-order valence-electron chi connectivity index (χ3n) is 17.4. The molecule has 0 rings (SSSR count). The minimum absolute atomic E-state index is 0.100. The lowest BCUT2D eigenvalue weighted by molar-refractivity contribution is -0.161. The van der Waals surface area contributed by atoms with Crippen LogP contribution in [0.4, 0.5) is 0 Å². The summed E-state index contributed by atoms with van der Waals surface area (Å²) in [7, 11) is -9.92. The van der Waals surface area contributed by atoms with Crippen LogP contribution in [0.25, 0.3) is 0 Å².